The Morgan fingerprint density at radius 3 is 2.40 bits per heavy atom. The van der Waals surface area contributed by atoms with Crippen LogP contribution in [0.2, 0.25) is 0 Å². The van der Waals surface area contributed by atoms with E-state index in [1.54, 1.807) is 65.7 Å². The van der Waals surface area contributed by atoms with Gasteiger partial charge in [0.15, 0.2) is 17.3 Å². The van der Waals surface area contributed by atoms with Crippen molar-refractivity contribution < 1.29 is 23.9 Å². The molecule has 3 aromatic rings. The third-order valence-corrected chi connectivity index (χ3v) is 6.27. The Morgan fingerprint density at radius 2 is 1.63 bits per heavy atom. The summed E-state index contributed by atoms with van der Waals surface area (Å²) in [6, 6.07) is 15.6. The number of carbonyl (C=O) groups excluding carboxylic acids is 3. The number of rotatable bonds is 5. The van der Waals surface area contributed by atoms with Gasteiger partial charge in [0.05, 0.1) is 5.56 Å². The van der Waals surface area contributed by atoms with Crippen molar-refractivity contribution in [1.29, 1.82) is 0 Å². The van der Waals surface area contributed by atoms with E-state index in [4.69, 9.17) is 9.47 Å². The van der Waals surface area contributed by atoms with E-state index in [2.05, 4.69) is 10.3 Å². The molecule has 8 heteroatoms. The highest BCUT2D eigenvalue weighted by molar-refractivity contribution is 6.05. The molecular weight excluding hydrogens is 446 g/mol. The van der Waals surface area contributed by atoms with E-state index >= 15 is 0 Å². The molecule has 5 rings (SSSR count). The van der Waals surface area contributed by atoms with Gasteiger partial charge in [0, 0.05) is 48.2 Å². The van der Waals surface area contributed by atoms with Crippen LogP contribution in [0.5, 0.6) is 11.5 Å². The second kappa shape index (κ2) is 9.97. The van der Waals surface area contributed by atoms with E-state index < -0.39 is 0 Å². The van der Waals surface area contributed by atoms with Gasteiger partial charge in [-0.2, -0.15) is 0 Å². The zero-order valence-corrected chi connectivity index (χ0v) is 19.1. The van der Waals surface area contributed by atoms with Crippen molar-refractivity contribution in [2.45, 2.75) is 12.8 Å². The molecule has 2 aliphatic heterocycles. The number of benzene rings is 2. The second-order valence-corrected chi connectivity index (χ2v) is 8.57. The van der Waals surface area contributed by atoms with Crippen LogP contribution in [0.15, 0.2) is 67.0 Å². The number of carbonyl (C=O) groups is 3. The number of fused-ring (bicyclic) bond motifs is 1. The number of likely N-dealkylation sites (tertiary alicyclic amines) is 1. The lowest BCUT2D eigenvalue weighted by molar-refractivity contribution is 0.0650. The van der Waals surface area contributed by atoms with E-state index in [-0.39, 0.29) is 23.5 Å². The van der Waals surface area contributed by atoms with Gasteiger partial charge in [-0.3, -0.25) is 19.4 Å². The molecule has 8 nitrogen and oxygen atoms in total. The summed E-state index contributed by atoms with van der Waals surface area (Å²) in [7, 11) is 0. The Balaban J connectivity index is 1.20. The van der Waals surface area contributed by atoms with Gasteiger partial charge < -0.3 is 19.7 Å². The maximum absolute atomic E-state index is 13.1. The first-order valence-electron chi connectivity index (χ1n) is 11.6. The molecule has 1 fully saturated rings. The molecule has 178 valence electrons. The molecule has 1 aromatic heterocycles. The molecule has 0 atom stereocenters. The molecule has 0 saturated carbocycles. The van der Waals surface area contributed by atoms with Gasteiger partial charge >= 0.3 is 0 Å². The average Bonchev–Trinajstić information content (AvgIpc) is 2.92. The molecular formula is C27H25N3O5. The number of nitrogens with zero attached hydrogens (tertiary/aromatic N) is 2. The van der Waals surface area contributed by atoms with E-state index in [1.807, 2.05) is 0 Å². The fourth-order valence-electron chi connectivity index (χ4n) is 4.39. The van der Waals surface area contributed by atoms with Crippen LogP contribution >= 0.6 is 0 Å². The molecule has 2 aromatic carbocycles. The molecule has 0 bridgehead atoms. The molecule has 1 saturated heterocycles. The topological polar surface area (TPSA) is 97.8 Å². The lowest BCUT2D eigenvalue weighted by atomic mass is 9.88. The minimum atomic E-state index is -0.291. The molecule has 0 aliphatic carbocycles. The number of pyridine rings is 1. The van der Waals surface area contributed by atoms with Gasteiger partial charge in [-0.1, -0.05) is 6.07 Å². The first-order chi connectivity index (χ1) is 17.1. The third-order valence-electron chi connectivity index (χ3n) is 6.27. The first kappa shape index (κ1) is 22.6. The monoisotopic (exact) mass is 471 g/mol. The number of piperidine rings is 1. The van der Waals surface area contributed by atoms with Gasteiger partial charge in [-0.05, 0) is 61.4 Å². The molecule has 1 N–H and O–H groups in total. The van der Waals surface area contributed by atoms with Crippen molar-refractivity contribution in [3.63, 3.8) is 0 Å². The predicted molar refractivity (Wildman–Crippen MR) is 129 cm³/mol. The Hall–Kier alpha value is -4.20. The molecule has 3 heterocycles. The summed E-state index contributed by atoms with van der Waals surface area (Å²) in [5.41, 5.74) is 2.07. The van der Waals surface area contributed by atoms with Crippen LogP contribution in [-0.2, 0) is 0 Å². The van der Waals surface area contributed by atoms with Crippen molar-refractivity contribution in [2.24, 2.45) is 5.92 Å². The smallest absolute Gasteiger partial charge is 0.257 e. The van der Waals surface area contributed by atoms with Gasteiger partial charge in [-0.25, -0.2) is 0 Å². The summed E-state index contributed by atoms with van der Waals surface area (Å²) < 4.78 is 11.1. The maximum atomic E-state index is 13.1. The van der Waals surface area contributed by atoms with Crippen molar-refractivity contribution in [2.75, 3.05) is 31.6 Å². The lowest BCUT2D eigenvalue weighted by Crippen LogP contribution is -2.40. The van der Waals surface area contributed by atoms with Crippen LogP contribution in [0.25, 0.3) is 0 Å². The summed E-state index contributed by atoms with van der Waals surface area (Å²) in [5, 5.41) is 2.80. The number of aromatic nitrogens is 1. The highest BCUT2D eigenvalue weighted by Crippen LogP contribution is 2.32. The molecule has 0 unspecified atom stereocenters. The van der Waals surface area contributed by atoms with E-state index in [0.29, 0.717) is 73.0 Å². The number of ketones is 1. The Morgan fingerprint density at radius 1 is 0.857 bits per heavy atom. The van der Waals surface area contributed by atoms with Crippen LogP contribution in [0, 0.1) is 5.92 Å². The Kier molecular flexibility index (Phi) is 6.43. The van der Waals surface area contributed by atoms with Crippen LogP contribution in [0.3, 0.4) is 0 Å². The summed E-state index contributed by atoms with van der Waals surface area (Å²) >= 11 is 0. The number of nitrogens with one attached hydrogen (secondary N) is 1. The molecule has 2 aliphatic rings. The summed E-state index contributed by atoms with van der Waals surface area (Å²) in [6.07, 6.45) is 4.27. The largest absolute Gasteiger partial charge is 0.486 e. The summed E-state index contributed by atoms with van der Waals surface area (Å²) in [6.45, 7) is 1.96. The zero-order chi connectivity index (χ0) is 24.2. The number of hydrogen-bond acceptors (Lipinski definition) is 6. The van der Waals surface area contributed by atoms with Crippen molar-refractivity contribution >= 4 is 23.3 Å². The number of ether oxygens (including phenoxy) is 2. The van der Waals surface area contributed by atoms with Crippen molar-refractivity contribution in [3.8, 4) is 11.5 Å². The summed E-state index contributed by atoms with van der Waals surface area (Å²) in [5.74, 6) is 0.770. The van der Waals surface area contributed by atoms with Crippen molar-refractivity contribution in [1.82, 2.24) is 9.88 Å². The van der Waals surface area contributed by atoms with E-state index in [1.165, 1.54) is 6.20 Å². The molecule has 35 heavy (non-hydrogen) atoms. The highest BCUT2D eigenvalue weighted by Gasteiger charge is 2.29. The fourth-order valence-corrected chi connectivity index (χ4v) is 4.39. The maximum Gasteiger partial charge on any atom is 0.257 e. The van der Waals surface area contributed by atoms with Gasteiger partial charge in [0.1, 0.15) is 13.2 Å². The molecule has 0 spiro atoms. The predicted octanol–water partition coefficient (Wildman–Crippen LogP) is 3.84. The summed E-state index contributed by atoms with van der Waals surface area (Å²) in [4.78, 5) is 44.3. The van der Waals surface area contributed by atoms with Crippen LogP contribution in [0.1, 0.15) is 43.9 Å². The minimum absolute atomic E-state index is 0.0641. The normalized spacial score (nSPS) is 15.4. The van der Waals surface area contributed by atoms with Crippen LogP contribution < -0.4 is 14.8 Å². The SMILES string of the molecule is O=C(Nc1cccc(C(=O)N2CCC(C(=O)c3ccc4c(c3)OCCO4)CC2)c1)c1cccnc1. The van der Waals surface area contributed by atoms with Gasteiger partial charge in [0.25, 0.3) is 11.8 Å². The van der Waals surface area contributed by atoms with Crippen LogP contribution in [-0.4, -0.2) is 53.8 Å². The minimum Gasteiger partial charge on any atom is -0.486 e. The quantitative estimate of drug-likeness (QED) is 0.568. The Bertz CT molecular complexity index is 1250. The molecule has 0 radical (unpaired) electrons. The number of hydrogen-bond donors (Lipinski definition) is 1. The fraction of sp³-hybridized carbons (Fsp3) is 0.259. The van der Waals surface area contributed by atoms with Crippen LogP contribution in [0.4, 0.5) is 5.69 Å². The van der Waals surface area contributed by atoms with Gasteiger partial charge in [-0.15, -0.1) is 0 Å². The van der Waals surface area contributed by atoms with Gasteiger partial charge in [0.2, 0.25) is 0 Å². The number of amides is 2. The van der Waals surface area contributed by atoms with Crippen molar-refractivity contribution in [3.05, 3.63) is 83.7 Å². The standard InChI is InChI=1S/C27H25N3O5/c31-25(19-6-7-23-24(16-19)35-14-13-34-23)18-8-11-30(12-9-18)27(33)20-3-1-5-22(15-20)29-26(32)21-4-2-10-28-17-21/h1-7,10,15-18H,8-9,11-14H2,(H,29,32). The number of anilines is 1. The zero-order valence-electron chi connectivity index (χ0n) is 19.1. The Labute approximate surface area is 202 Å². The second-order valence-electron chi connectivity index (χ2n) is 8.57. The first-order valence-corrected chi connectivity index (χ1v) is 11.6. The lowest BCUT2D eigenvalue weighted by Gasteiger charge is -2.31. The average molecular weight is 472 g/mol. The van der Waals surface area contributed by atoms with E-state index in [0.717, 1.165) is 0 Å². The number of Topliss-reactive ketones (excluding diaryl/α,β-unsaturated/α-hetero) is 1. The van der Waals surface area contributed by atoms with E-state index in [9.17, 15) is 14.4 Å². The third kappa shape index (κ3) is 5.01. The highest BCUT2D eigenvalue weighted by atomic mass is 16.6. The molecule has 2 amide bonds.